The number of amides is 1. The smallest absolute Gasteiger partial charge is 0.271 e. The molecule has 3 aromatic heterocycles. The lowest BCUT2D eigenvalue weighted by molar-refractivity contribution is 0.0943. The Morgan fingerprint density at radius 2 is 1.92 bits per heavy atom. The van der Waals surface area contributed by atoms with Crippen molar-refractivity contribution in [2.45, 2.75) is 25.4 Å². The van der Waals surface area contributed by atoms with Gasteiger partial charge in [-0.05, 0) is 54.8 Å². The monoisotopic (exact) mass is 501 g/mol. The zero-order valence-corrected chi connectivity index (χ0v) is 20.4. The molecule has 0 saturated carbocycles. The van der Waals surface area contributed by atoms with Gasteiger partial charge in [0.2, 0.25) is 0 Å². The first-order chi connectivity index (χ1) is 18.2. The van der Waals surface area contributed by atoms with Gasteiger partial charge in [-0.2, -0.15) is 0 Å². The fourth-order valence-corrected chi connectivity index (χ4v) is 5.07. The molecule has 9 nitrogen and oxygen atoms in total. The number of halogens is 1. The number of nitrogens with zero attached hydrogens (tertiary/aromatic N) is 6. The molecule has 0 unspecified atom stereocenters. The maximum Gasteiger partial charge on any atom is 0.271 e. The van der Waals surface area contributed by atoms with Crippen molar-refractivity contribution >= 4 is 23.2 Å². The minimum atomic E-state index is -0.279. The number of nitrogens with one attached hydrogen (secondary N) is 1. The Labute approximate surface area is 213 Å². The second-order valence-corrected chi connectivity index (χ2v) is 9.28. The van der Waals surface area contributed by atoms with Crippen LogP contribution in [0.4, 0.5) is 16.0 Å². The van der Waals surface area contributed by atoms with Crippen LogP contribution in [0.1, 0.15) is 40.6 Å². The van der Waals surface area contributed by atoms with E-state index in [0.29, 0.717) is 24.6 Å². The Kier molecular flexibility index (Phi) is 6.40. The molecule has 2 aliphatic rings. The van der Waals surface area contributed by atoms with E-state index < -0.39 is 0 Å². The van der Waals surface area contributed by atoms with Crippen molar-refractivity contribution in [1.82, 2.24) is 24.9 Å². The van der Waals surface area contributed by atoms with Crippen LogP contribution in [0.5, 0.6) is 0 Å². The molecule has 1 atom stereocenters. The molecule has 2 saturated heterocycles. The van der Waals surface area contributed by atoms with Crippen molar-refractivity contribution in [1.29, 1.82) is 0 Å². The van der Waals surface area contributed by atoms with Crippen LogP contribution in [0.2, 0.25) is 0 Å². The van der Waals surface area contributed by atoms with Gasteiger partial charge < -0.3 is 19.9 Å². The molecule has 1 aromatic carbocycles. The molecule has 0 aliphatic carbocycles. The zero-order chi connectivity index (χ0) is 25.2. The highest BCUT2D eigenvalue weighted by molar-refractivity contribution is 5.93. The van der Waals surface area contributed by atoms with Crippen LogP contribution in [0.25, 0.3) is 5.65 Å². The minimum Gasteiger partial charge on any atom is -0.378 e. The van der Waals surface area contributed by atoms with Crippen LogP contribution in [0, 0.1) is 5.82 Å². The van der Waals surface area contributed by atoms with Crippen LogP contribution in [0.3, 0.4) is 0 Å². The summed E-state index contributed by atoms with van der Waals surface area (Å²) in [6, 6.07) is 16.3. The van der Waals surface area contributed by atoms with E-state index in [9.17, 15) is 9.18 Å². The first-order valence-electron chi connectivity index (χ1n) is 12.6. The van der Waals surface area contributed by atoms with E-state index in [1.807, 2.05) is 36.4 Å². The number of imidazole rings is 1. The van der Waals surface area contributed by atoms with Gasteiger partial charge in [-0.15, -0.1) is 5.10 Å². The Hall–Kier alpha value is -4.05. The number of rotatable bonds is 6. The van der Waals surface area contributed by atoms with Gasteiger partial charge >= 0.3 is 0 Å². The van der Waals surface area contributed by atoms with E-state index in [2.05, 4.69) is 20.1 Å². The first kappa shape index (κ1) is 23.4. The van der Waals surface area contributed by atoms with Crippen LogP contribution in [0.15, 0.2) is 60.8 Å². The number of aromatic nitrogens is 4. The zero-order valence-electron chi connectivity index (χ0n) is 20.4. The predicted octanol–water partition coefficient (Wildman–Crippen LogP) is 3.37. The van der Waals surface area contributed by atoms with Gasteiger partial charge in [0.1, 0.15) is 17.5 Å². The van der Waals surface area contributed by atoms with Crippen LogP contribution in [-0.4, -0.2) is 58.3 Å². The summed E-state index contributed by atoms with van der Waals surface area (Å²) in [5.41, 5.74) is 2.63. The van der Waals surface area contributed by atoms with E-state index in [0.717, 1.165) is 55.4 Å². The molecular formula is C27H28FN7O2. The predicted molar refractivity (Wildman–Crippen MR) is 137 cm³/mol. The molecule has 2 aliphatic heterocycles. The largest absolute Gasteiger partial charge is 0.378 e. The Balaban J connectivity index is 1.19. The van der Waals surface area contributed by atoms with Crippen LogP contribution in [-0.2, 0) is 11.3 Å². The molecule has 6 rings (SSSR count). The molecule has 2 fully saturated rings. The number of hydrogen-bond acceptors (Lipinski definition) is 7. The summed E-state index contributed by atoms with van der Waals surface area (Å²) in [6.07, 6.45) is 3.43. The minimum absolute atomic E-state index is 0.0336. The van der Waals surface area contributed by atoms with Crippen molar-refractivity contribution in [3.63, 3.8) is 0 Å². The summed E-state index contributed by atoms with van der Waals surface area (Å²) in [5, 5.41) is 7.71. The van der Waals surface area contributed by atoms with Gasteiger partial charge in [0, 0.05) is 19.6 Å². The lowest BCUT2D eigenvalue weighted by Crippen LogP contribution is -2.37. The molecule has 10 heteroatoms. The number of morpholine rings is 1. The Bertz CT molecular complexity index is 1420. The van der Waals surface area contributed by atoms with E-state index in [4.69, 9.17) is 14.8 Å². The Morgan fingerprint density at radius 1 is 1.05 bits per heavy atom. The second-order valence-electron chi connectivity index (χ2n) is 9.28. The van der Waals surface area contributed by atoms with Gasteiger partial charge in [0.25, 0.3) is 5.91 Å². The lowest BCUT2D eigenvalue weighted by atomic mass is 10.0. The summed E-state index contributed by atoms with van der Waals surface area (Å²) >= 11 is 0. The fraction of sp³-hybridized carbons (Fsp3) is 0.333. The van der Waals surface area contributed by atoms with Gasteiger partial charge in [0.15, 0.2) is 11.3 Å². The number of anilines is 2. The number of pyridine rings is 1. The van der Waals surface area contributed by atoms with Crippen molar-refractivity contribution in [3.05, 3.63) is 83.6 Å². The molecule has 1 amide bonds. The Morgan fingerprint density at radius 3 is 2.78 bits per heavy atom. The average Bonchev–Trinajstić information content (AvgIpc) is 3.60. The molecule has 190 valence electrons. The van der Waals surface area contributed by atoms with Crippen molar-refractivity contribution < 1.29 is 13.9 Å². The molecule has 0 radical (unpaired) electrons. The highest BCUT2D eigenvalue weighted by Gasteiger charge is 2.28. The number of benzene rings is 1. The molecule has 0 spiro atoms. The van der Waals surface area contributed by atoms with Crippen LogP contribution >= 0.6 is 0 Å². The number of hydrogen-bond donors (Lipinski definition) is 1. The summed E-state index contributed by atoms with van der Waals surface area (Å²) in [7, 11) is 0. The van der Waals surface area contributed by atoms with Gasteiger partial charge in [-0.1, -0.05) is 18.2 Å². The third-order valence-corrected chi connectivity index (χ3v) is 6.92. The normalized spacial score (nSPS) is 17.9. The van der Waals surface area contributed by atoms with E-state index >= 15 is 0 Å². The molecule has 4 aromatic rings. The highest BCUT2D eigenvalue weighted by atomic mass is 19.1. The molecular weight excluding hydrogens is 473 g/mol. The van der Waals surface area contributed by atoms with Crippen molar-refractivity contribution in [2.24, 2.45) is 0 Å². The maximum absolute atomic E-state index is 13.9. The maximum atomic E-state index is 13.9. The quantitative estimate of drug-likeness (QED) is 0.433. The molecule has 37 heavy (non-hydrogen) atoms. The average molecular weight is 502 g/mol. The third kappa shape index (κ3) is 4.84. The summed E-state index contributed by atoms with van der Waals surface area (Å²) in [4.78, 5) is 26.5. The first-order valence-corrected chi connectivity index (χ1v) is 12.6. The van der Waals surface area contributed by atoms with Gasteiger partial charge in [0.05, 0.1) is 37.7 Å². The number of carbonyl (C=O) groups excluding carboxylic acids is 1. The standard InChI is InChI=1S/C27H28FN7O2/c28-20-5-1-4-19(16-20)22-7-3-11-34(22)26-10-9-24-29-18-23(35(24)32-26)27(36)30-17-21-6-2-8-25(31-21)33-12-14-37-15-13-33/h1-2,4-6,8-10,16,18,22H,3,7,11-15,17H2,(H,30,36)/t22-/m1/s1. The highest BCUT2D eigenvalue weighted by Crippen LogP contribution is 2.35. The van der Waals surface area contributed by atoms with Crippen molar-refractivity contribution in [3.8, 4) is 0 Å². The fourth-order valence-electron chi connectivity index (χ4n) is 5.07. The van der Waals surface area contributed by atoms with Gasteiger partial charge in [-0.3, -0.25) is 4.79 Å². The summed E-state index contributed by atoms with van der Waals surface area (Å²) in [5.74, 6) is 1.09. The molecule has 0 bridgehead atoms. The van der Waals surface area contributed by atoms with E-state index in [-0.39, 0.29) is 24.3 Å². The lowest BCUT2D eigenvalue weighted by Gasteiger charge is -2.28. The van der Waals surface area contributed by atoms with Gasteiger partial charge in [-0.25, -0.2) is 18.9 Å². The topological polar surface area (TPSA) is 87.9 Å². The molecule has 5 heterocycles. The number of fused-ring (bicyclic) bond motifs is 1. The molecule has 1 N–H and O–H groups in total. The third-order valence-electron chi connectivity index (χ3n) is 6.92. The van der Waals surface area contributed by atoms with Crippen LogP contribution < -0.4 is 15.1 Å². The number of ether oxygens (including phenoxy) is 1. The summed E-state index contributed by atoms with van der Waals surface area (Å²) < 4.78 is 20.9. The van der Waals surface area contributed by atoms with E-state index in [1.54, 1.807) is 16.6 Å². The summed E-state index contributed by atoms with van der Waals surface area (Å²) in [6.45, 7) is 4.07. The number of carbonyl (C=O) groups is 1. The SMILES string of the molecule is O=C(NCc1cccc(N2CCOCC2)n1)c1cnc2ccc(N3CCC[C@@H]3c3cccc(F)c3)nn12. The van der Waals surface area contributed by atoms with E-state index in [1.165, 1.54) is 12.3 Å². The second kappa shape index (κ2) is 10.1. The van der Waals surface area contributed by atoms with Crippen molar-refractivity contribution in [2.75, 3.05) is 42.6 Å².